The van der Waals surface area contributed by atoms with E-state index in [1.54, 1.807) is 0 Å². The van der Waals surface area contributed by atoms with E-state index >= 15 is 0 Å². The van der Waals surface area contributed by atoms with Crippen LogP contribution in [0.15, 0.2) is 0 Å². The molecule has 8 heteroatoms. The van der Waals surface area contributed by atoms with Crippen molar-refractivity contribution in [2.75, 3.05) is 26.4 Å². The van der Waals surface area contributed by atoms with E-state index in [0.29, 0.717) is 19.8 Å². The second-order valence-electron chi connectivity index (χ2n) is 6.98. The molecule has 140 valence electrons. The quantitative estimate of drug-likeness (QED) is 0.492. The van der Waals surface area contributed by atoms with Gasteiger partial charge in [-0.1, -0.05) is 6.92 Å². The molecular formula is C15H39NO4Si3. The molecule has 0 spiro atoms. The van der Waals surface area contributed by atoms with Gasteiger partial charge in [0.2, 0.25) is 0 Å². The van der Waals surface area contributed by atoms with Crippen LogP contribution in [-0.2, 0) is 17.4 Å². The lowest BCUT2D eigenvalue weighted by Gasteiger charge is -2.43. The van der Waals surface area contributed by atoms with Crippen molar-refractivity contribution in [2.45, 2.75) is 71.5 Å². The van der Waals surface area contributed by atoms with Crippen LogP contribution >= 0.6 is 0 Å². The van der Waals surface area contributed by atoms with E-state index in [1.165, 1.54) is 0 Å². The van der Waals surface area contributed by atoms with Crippen molar-refractivity contribution in [3.05, 3.63) is 0 Å². The van der Waals surface area contributed by atoms with Crippen molar-refractivity contribution in [3.8, 4) is 0 Å². The van der Waals surface area contributed by atoms with Crippen LogP contribution in [0.25, 0.3) is 0 Å². The molecule has 0 aromatic heterocycles. The largest absolute Gasteiger partial charge is 0.503 e. The van der Waals surface area contributed by atoms with Gasteiger partial charge < -0.3 is 23.1 Å². The fourth-order valence-corrected chi connectivity index (χ4v) is 17.7. The van der Waals surface area contributed by atoms with E-state index in [1.807, 2.05) is 20.8 Å². The highest BCUT2D eigenvalue weighted by molar-refractivity contribution is 6.93. The molecule has 0 saturated heterocycles. The summed E-state index contributed by atoms with van der Waals surface area (Å²) in [6, 6.07) is 1.10. The van der Waals surface area contributed by atoms with Gasteiger partial charge >= 0.3 is 8.80 Å². The molecule has 1 atom stereocenters. The normalized spacial score (nSPS) is 15.0. The summed E-state index contributed by atoms with van der Waals surface area (Å²) in [7, 11) is -6.50. The van der Waals surface area contributed by atoms with E-state index in [0.717, 1.165) is 19.0 Å². The fourth-order valence-electron chi connectivity index (χ4n) is 2.91. The molecule has 0 aliphatic carbocycles. The van der Waals surface area contributed by atoms with Crippen LogP contribution in [-0.4, -0.2) is 51.8 Å². The smallest absolute Gasteiger partial charge is 0.455 e. The Morgan fingerprint density at radius 2 is 1.30 bits per heavy atom. The minimum absolute atomic E-state index is 0.194. The Morgan fingerprint density at radius 3 is 1.65 bits per heavy atom. The maximum Gasteiger partial charge on any atom is 0.503 e. The zero-order valence-electron chi connectivity index (χ0n) is 16.5. The van der Waals surface area contributed by atoms with E-state index in [9.17, 15) is 0 Å². The SMILES string of the molecule is CCO[Si](OCC)(OCC)C(C)[Si](C)(C)O[Si](C)(C)CCCN. The maximum atomic E-state index is 6.75. The average molecular weight is 382 g/mol. The molecule has 0 aliphatic rings. The van der Waals surface area contributed by atoms with Gasteiger partial charge in [-0.15, -0.1) is 0 Å². The van der Waals surface area contributed by atoms with Gasteiger partial charge in [-0.05, 0) is 66.0 Å². The van der Waals surface area contributed by atoms with Gasteiger partial charge in [0.05, 0.1) is 0 Å². The van der Waals surface area contributed by atoms with Gasteiger partial charge in [0.25, 0.3) is 0 Å². The molecule has 1 unspecified atom stereocenters. The van der Waals surface area contributed by atoms with Crippen molar-refractivity contribution in [3.63, 3.8) is 0 Å². The molecule has 2 N–H and O–H groups in total. The Bertz CT molecular complexity index is 313. The predicted octanol–water partition coefficient (Wildman–Crippen LogP) is 3.74. The molecule has 0 heterocycles. The van der Waals surface area contributed by atoms with Crippen molar-refractivity contribution in [1.82, 2.24) is 0 Å². The van der Waals surface area contributed by atoms with Gasteiger partial charge in [-0.3, -0.25) is 0 Å². The first kappa shape index (κ1) is 23.5. The Kier molecular flexibility index (Phi) is 10.6. The molecule has 0 aromatic carbocycles. The molecule has 0 bridgehead atoms. The first-order chi connectivity index (χ1) is 10.6. The van der Waals surface area contributed by atoms with E-state index in [2.05, 4.69) is 33.1 Å². The Hall–Kier alpha value is 0.451. The average Bonchev–Trinajstić information content (AvgIpc) is 2.44. The zero-order valence-corrected chi connectivity index (χ0v) is 19.5. The highest BCUT2D eigenvalue weighted by Gasteiger charge is 2.55. The molecule has 0 fully saturated rings. The Labute approximate surface area is 146 Å². The highest BCUT2D eigenvalue weighted by atomic mass is 28.5. The van der Waals surface area contributed by atoms with Crippen molar-refractivity contribution < 1.29 is 17.4 Å². The Morgan fingerprint density at radius 1 is 0.870 bits per heavy atom. The third kappa shape index (κ3) is 7.47. The van der Waals surface area contributed by atoms with Crippen LogP contribution < -0.4 is 5.73 Å². The number of hydrogen-bond acceptors (Lipinski definition) is 5. The molecule has 5 nitrogen and oxygen atoms in total. The summed E-state index contributed by atoms with van der Waals surface area (Å²) in [6.45, 7) is 19.9. The number of hydrogen-bond donors (Lipinski definition) is 1. The Balaban J connectivity index is 5.30. The van der Waals surface area contributed by atoms with Crippen LogP contribution in [0.4, 0.5) is 0 Å². The van der Waals surface area contributed by atoms with E-state index in [-0.39, 0.29) is 5.16 Å². The summed E-state index contributed by atoms with van der Waals surface area (Å²) >= 11 is 0. The third-order valence-electron chi connectivity index (χ3n) is 4.13. The lowest BCUT2D eigenvalue weighted by Crippen LogP contribution is -2.60. The van der Waals surface area contributed by atoms with Crippen molar-refractivity contribution in [1.29, 1.82) is 0 Å². The number of rotatable bonds is 13. The van der Waals surface area contributed by atoms with Crippen LogP contribution in [0.2, 0.25) is 37.4 Å². The minimum Gasteiger partial charge on any atom is -0.455 e. The first-order valence-corrected chi connectivity index (χ1v) is 16.8. The zero-order chi connectivity index (χ0) is 18.1. The molecule has 0 aliphatic heterocycles. The molecular weight excluding hydrogens is 342 g/mol. The van der Waals surface area contributed by atoms with Crippen LogP contribution in [0.1, 0.15) is 34.1 Å². The number of nitrogens with two attached hydrogens (primary N) is 1. The molecule has 0 radical (unpaired) electrons. The van der Waals surface area contributed by atoms with Crippen LogP contribution in [0.5, 0.6) is 0 Å². The topological polar surface area (TPSA) is 62.9 Å². The lowest BCUT2D eigenvalue weighted by molar-refractivity contribution is 0.0675. The van der Waals surface area contributed by atoms with Gasteiger partial charge in [0.1, 0.15) is 0 Å². The third-order valence-corrected chi connectivity index (χ3v) is 18.4. The highest BCUT2D eigenvalue weighted by Crippen LogP contribution is 2.37. The summed E-state index contributed by atoms with van der Waals surface area (Å²) < 4.78 is 25.0. The van der Waals surface area contributed by atoms with Crippen molar-refractivity contribution >= 4 is 25.4 Å². The lowest BCUT2D eigenvalue weighted by atomic mass is 10.5. The van der Waals surface area contributed by atoms with Crippen LogP contribution in [0, 0.1) is 0 Å². The van der Waals surface area contributed by atoms with Gasteiger partial charge in [-0.25, -0.2) is 0 Å². The summed E-state index contributed by atoms with van der Waals surface area (Å²) in [5, 5.41) is 0.194. The van der Waals surface area contributed by atoms with Gasteiger partial charge in [-0.2, -0.15) is 0 Å². The molecule has 0 amide bonds. The minimum atomic E-state index is -2.73. The predicted molar refractivity (Wildman–Crippen MR) is 105 cm³/mol. The van der Waals surface area contributed by atoms with E-state index < -0.39 is 25.4 Å². The molecule has 0 rings (SSSR count). The van der Waals surface area contributed by atoms with Crippen molar-refractivity contribution in [2.24, 2.45) is 5.73 Å². The van der Waals surface area contributed by atoms with Crippen LogP contribution in [0.3, 0.4) is 0 Å². The molecule has 23 heavy (non-hydrogen) atoms. The summed E-state index contributed by atoms with van der Waals surface area (Å²) in [5.41, 5.74) is 5.67. The second-order valence-corrected chi connectivity index (χ2v) is 19.4. The summed E-state index contributed by atoms with van der Waals surface area (Å²) in [6.07, 6.45) is 1.03. The summed E-state index contributed by atoms with van der Waals surface area (Å²) in [5.74, 6) is 0. The van der Waals surface area contributed by atoms with Gasteiger partial charge in [0, 0.05) is 25.0 Å². The monoisotopic (exact) mass is 381 g/mol. The summed E-state index contributed by atoms with van der Waals surface area (Å²) in [4.78, 5) is 0. The fraction of sp³-hybridized carbons (Fsp3) is 1.00. The first-order valence-electron chi connectivity index (χ1n) is 8.92. The second kappa shape index (κ2) is 10.4. The molecule has 0 aromatic rings. The molecule has 0 saturated carbocycles. The standard InChI is InChI=1S/C15H39NO4Si3/c1-9-17-23(18-10-2,19-11-3)15(4)22(7,8)20-21(5,6)14-12-13-16/h15H,9-14,16H2,1-8H3. The van der Waals surface area contributed by atoms with Gasteiger partial charge in [0.15, 0.2) is 16.6 Å². The van der Waals surface area contributed by atoms with E-state index in [4.69, 9.17) is 23.1 Å². The maximum absolute atomic E-state index is 6.75.